The van der Waals surface area contributed by atoms with Gasteiger partial charge in [0.25, 0.3) is 5.91 Å². The van der Waals surface area contributed by atoms with Crippen molar-refractivity contribution in [2.24, 2.45) is 0 Å². The number of hydrogen-bond donors (Lipinski definition) is 1. The molecule has 1 atom stereocenters. The topological polar surface area (TPSA) is 20.3 Å². The highest BCUT2D eigenvalue weighted by atomic mass is 79.9. The monoisotopic (exact) mass is 361 g/mol. The molecule has 2 aromatic carbocycles. The molecule has 0 aromatic heterocycles. The third kappa shape index (κ3) is 3.16. The highest BCUT2D eigenvalue weighted by Crippen LogP contribution is 2.29. The summed E-state index contributed by atoms with van der Waals surface area (Å²) in [5, 5.41) is 0. The summed E-state index contributed by atoms with van der Waals surface area (Å²) in [5.41, 5.74) is 2.01. The smallest absolute Gasteiger partial charge is 0.255 e. The lowest BCUT2D eigenvalue weighted by molar-refractivity contribution is 0.0789. The molecular weight excluding hydrogens is 346 g/mol. The Morgan fingerprint density at radius 1 is 1.19 bits per heavy atom. The zero-order chi connectivity index (χ0) is 14.8. The Morgan fingerprint density at radius 3 is 2.71 bits per heavy atom. The van der Waals surface area contributed by atoms with E-state index in [0.717, 1.165) is 28.9 Å². The molecule has 1 fully saturated rings. The first-order valence-electron chi connectivity index (χ1n) is 6.98. The fourth-order valence-electron chi connectivity index (χ4n) is 2.79. The van der Waals surface area contributed by atoms with Crippen LogP contribution in [0, 0.1) is 0 Å². The molecule has 4 heteroatoms. The molecule has 1 heterocycles. The highest BCUT2D eigenvalue weighted by Gasteiger charge is 2.28. The second kappa shape index (κ2) is 6.24. The van der Waals surface area contributed by atoms with Crippen molar-refractivity contribution in [3.05, 3.63) is 64.1 Å². The maximum atomic E-state index is 12.7. The van der Waals surface area contributed by atoms with Crippen molar-refractivity contribution in [3.8, 4) is 0 Å². The zero-order valence-electron chi connectivity index (χ0n) is 11.5. The van der Waals surface area contributed by atoms with Gasteiger partial charge < -0.3 is 4.90 Å². The van der Waals surface area contributed by atoms with Crippen molar-refractivity contribution >= 4 is 34.5 Å². The largest absolute Gasteiger partial charge is 0.338 e. The second-order valence-electron chi connectivity index (χ2n) is 5.31. The summed E-state index contributed by atoms with van der Waals surface area (Å²) in [6.45, 7) is 1.59. The van der Waals surface area contributed by atoms with Gasteiger partial charge in [-0.25, -0.2) is 0 Å². The van der Waals surface area contributed by atoms with Crippen molar-refractivity contribution in [2.75, 3.05) is 13.1 Å². The second-order valence-corrected chi connectivity index (χ2v) is 6.68. The Kier molecular flexibility index (Phi) is 4.36. The summed E-state index contributed by atoms with van der Waals surface area (Å²) in [6, 6.07) is 16.0. The van der Waals surface area contributed by atoms with E-state index in [9.17, 15) is 4.79 Å². The number of hydrogen-bond acceptors (Lipinski definition) is 2. The Morgan fingerprint density at radius 2 is 1.95 bits per heavy atom. The average Bonchev–Trinajstić information content (AvgIpc) is 3.00. The van der Waals surface area contributed by atoms with E-state index >= 15 is 0 Å². The molecular formula is C17H16BrNOS. The lowest BCUT2D eigenvalue weighted by Gasteiger charge is -2.18. The minimum Gasteiger partial charge on any atom is -0.338 e. The Balaban J connectivity index is 1.77. The standard InChI is InChI=1S/C17H16BrNOS/c18-16-7-6-14(21)10-15(16)17(20)19-9-8-13(11-19)12-4-2-1-3-5-12/h1-7,10,13,21H,8-9,11H2. The van der Waals surface area contributed by atoms with Crippen molar-refractivity contribution in [2.45, 2.75) is 17.2 Å². The summed E-state index contributed by atoms with van der Waals surface area (Å²) in [7, 11) is 0. The van der Waals surface area contributed by atoms with Gasteiger partial charge in [-0.1, -0.05) is 30.3 Å². The molecule has 0 aliphatic carbocycles. The number of nitrogens with zero attached hydrogens (tertiary/aromatic N) is 1. The third-order valence-electron chi connectivity index (χ3n) is 3.93. The van der Waals surface area contributed by atoms with Crippen LogP contribution in [0.4, 0.5) is 0 Å². The number of thiol groups is 1. The number of carbonyl (C=O) groups is 1. The van der Waals surface area contributed by atoms with Gasteiger partial charge in [-0.3, -0.25) is 4.79 Å². The van der Waals surface area contributed by atoms with Crippen LogP contribution in [0.15, 0.2) is 57.9 Å². The molecule has 21 heavy (non-hydrogen) atoms. The van der Waals surface area contributed by atoms with Crippen molar-refractivity contribution < 1.29 is 4.79 Å². The number of rotatable bonds is 2. The summed E-state index contributed by atoms with van der Waals surface area (Å²) >= 11 is 7.78. The van der Waals surface area contributed by atoms with Gasteiger partial charge >= 0.3 is 0 Å². The molecule has 0 radical (unpaired) electrons. The van der Waals surface area contributed by atoms with Gasteiger partial charge in [0.2, 0.25) is 0 Å². The Labute approximate surface area is 138 Å². The summed E-state index contributed by atoms with van der Waals surface area (Å²) in [4.78, 5) is 15.4. The van der Waals surface area contributed by atoms with Crippen LogP contribution in [0.25, 0.3) is 0 Å². The van der Waals surface area contributed by atoms with E-state index in [1.54, 1.807) is 0 Å². The first-order valence-corrected chi connectivity index (χ1v) is 8.22. The van der Waals surface area contributed by atoms with Crippen molar-refractivity contribution in [3.63, 3.8) is 0 Å². The number of amides is 1. The number of likely N-dealkylation sites (tertiary alicyclic amines) is 1. The average molecular weight is 362 g/mol. The van der Waals surface area contributed by atoms with E-state index < -0.39 is 0 Å². The molecule has 2 aromatic rings. The maximum absolute atomic E-state index is 12.7. The first kappa shape index (κ1) is 14.7. The van der Waals surface area contributed by atoms with Gasteiger partial charge in [-0.2, -0.15) is 0 Å². The first-order chi connectivity index (χ1) is 10.1. The number of benzene rings is 2. The predicted octanol–water partition coefficient (Wildman–Crippen LogP) is 4.37. The summed E-state index contributed by atoms with van der Waals surface area (Å²) < 4.78 is 0.827. The van der Waals surface area contributed by atoms with E-state index in [4.69, 9.17) is 0 Å². The van der Waals surface area contributed by atoms with Crippen LogP contribution < -0.4 is 0 Å². The third-order valence-corrected chi connectivity index (χ3v) is 4.90. The maximum Gasteiger partial charge on any atom is 0.255 e. The van der Waals surface area contributed by atoms with Gasteiger partial charge in [-0.05, 0) is 46.1 Å². The molecule has 3 rings (SSSR count). The molecule has 2 nitrogen and oxygen atoms in total. The number of carbonyl (C=O) groups excluding carboxylic acids is 1. The molecule has 1 amide bonds. The zero-order valence-corrected chi connectivity index (χ0v) is 14.0. The van der Waals surface area contributed by atoms with Crippen LogP contribution in [0.2, 0.25) is 0 Å². The summed E-state index contributed by atoms with van der Waals surface area (Å²) in [5.74, 6) is 0.518. The molecule has 1 aliphatic heterocycles. The van der Waals surface area contributed by atoms with Crippen LogP contribution in [0.3, 0.4) is 0 Å². The van der Waals surface area contributed by atoms with Gasteiger partial charge in [0.15, 0.2) is 0 Å². The molecule has 0 spiro atoms. The van der Waals surface area contributed by atoms with E-state index in [0.29, 0.717) is 11.5 Å². The normalized spacial score (nSPS) is 18.0. The quantitative estimate of drug-likeness (QED) is 0.787. The lowest BCUT2D eigenvalue weighted by atomic mass is 9.99. The minimum atomic E-state index is 0.0798. The van der Waals surface area contributed by atoms with Gasteiger partial charge in [0.1, 0.15) is 0 Å². The van der Waals surface area contributed by atoms with Crippen LogP contribution in [0.1, 0.15) is 28.3 Å². The molecule has 1 aliphatic rings. The molecule has 108 valence electrons. The predicted molar refractivity (Wildman–Crippen MR) is 91.1 cm³/mol. The highest BCUT2D eigenvalue weighted by molar-refractivity contribution is 9.10. The Hall–Kier alpha value is -1.26. The van der Waals surface area contributed by atoms with Crippen LogP contribution in [-0.2, 0) is 0 Å². The van der Waals surface area contributed by atoms with Gasteiger partial charge in [0, 0.05) is 28.4 Å². The van der Waals surface area contributed by atoms with E-state index in [2.05, 4.69) is 52.8 Å². The van der Waals surface area contributed by atoms with Crippen LogP contribution in [-0.4, -0.2) is 23.9 Å². The van der Waals surface area contributed by atoms with Crippen LogP contribution in [0.5, 0.6) is 0 Å². The van der Waals surface area contributed by atoms with Crippen molar-refractivity contribution in [1.82, 2.24) is 4.90 Å². The van der Waals surface area contributed by atoms with E-state index in [1.165, 1.54) is 5.56 Å². The fourth-order valence-corrected chi connectivity index (χ4v) is 3.41. The van der Waals surface area contributed by atoms with E-state index in [1.807, 2.05) is 29.2 Å². The summed E-state index contributed by atoms with van der Waals surface area (Å²) in [6.07, 6.45) is 1.02. The molecule has 0 bridgehead atoms. The lowest BCUT2D eigenvalue weighted by Crippen LogP contribution is -2.28. The fraction of sp³-hybridized carbons (Fsp3) is 0.235. The SMILES string of the molecule is O=C(c1cc(S)ccc1Br)N1CCC(c2ccccc2)C1. The van der Waals surface area contributed by atoms with E-state index in [-0.39, 0.29) is 5.91 Å². The minimum absolute atomic E-state index is 0.0798. The molecule has 1 unspecified atom stereocenters. The molecule has 0 N–H and O–H groups in total. The van der Waals surface area contributed by atoms with Gasteiger partial charge in [-0.15, -0.1) is 12.6 Å². The molecule has 0 saturated carbocycles. The van der Waals surface area contributed by atoms with Crippen LogP contribution >= 0.6 is 28.6 Å². The van der Waals surface area contributed by atoms with Gasteiger partial charge in [0.05, 0.1) is 5.56 Å². The molecule has 1 saturated heterocycles. The Bertz CT molecular complexity index is 659. The number of halogens is 1. The van der Waals surface area contributed by atoms with Crippen molar-refractivity contribution in [1.29, 1.82) is 0 Å².